The Labute approximate surface area is 147 Å². The summed E-state index contributed by atoms with van der Waals surface area (Å²) in [5.41, 5.74) is 8.17. The van der Waals surface area contributed by atoms with Gasteiger partial charge in [0.05, 0.1) is 25.8 Å². The van der Waals surface area contributed by atoms with Gasteiger partial charge in [0, 0.05) is 42.4 Å². The number of ketones is 1. The van der Waals surface area contributed by atoms with Crippen molar-refractivity contribution in [3.63, 3.8) is 0 Å². The van der Waals surface area contributed by atoms with Crippen LogP contribution >= 0.6 is 0 Å². The fraction of sp³-hybridized carbons (Fsp3) is 0.474. The largest absolute Gasteiger partial charge is 0.497 e. The van der Waals surface area contributed by atoms with Gasteiger partial charge >= 0.3 is 0 Å². The fourth-order valence-corrected chi connectivity index (χ4v) is 3.83. The predicted molar refractivity (Wildman–Crippen MR) is 96.0 cm³/mol. The molecule has 0 bridgehead atoms. The van der Waals surface area contributed by atoms with E-state index in [2.05, 4.69) is 4.57 Å². The first-order chi connectivity index (χ1) is 11.9. The maximum Gasteiger partial charge on any atom is 0.220 e. The summed E-state index contributed by atoms with van der Waals surface area (Å²) in [4.78, 5) is 25.5. The number of ether oxygens (including phenoxy) is 1. The number of nitrogens with zero attached hydrogens (tertiary/aromatic N) is 1. The molecule has 134 valence electrons. The van der Waals surface area contributed by atoms with Gasteiger partial charge in [0.25, 0.3) is 0 Å². The highest BCUT2D eigenvalue weighted by molar-refractivity contribution is 6.10. The summed E-state index contributed by atoms with van der Waals surface area (Å²) in [6.07, 6.45) is 1.53. The van der Waals surface area contributed by atoms with Gasteiger partial charge in [0.2, 0.25) is 11.7 Å². The molecule has 0 atom stereocenters. The Bertz CT molecular complexity index is 817. The molecule has 1 fully saturated rings. The first kappa shape index (κ1) is 17.5. The van der Waals surface area contributed by atoms with Crippen LogP contribution in [-0.4, -0.2) is 43.0 Å². The third kappa shape index (κ3) is 3.26. The quantitative estimate of drug-likeness (QED) is 0.774. The molecule has 1 amide bonds. The van der Waals surface area contributed by atoms with Crippen molar-refractivity contribution in [3.8, 4) is 5.75 Å². The van der Waals surface area contributed by atoms with Gasteiger partial charge in [-0.05, 0) is 25.1 Å². The van der Waals surface area contributed by atoms with Crippen molar-refractivity contribution < 1.29 is 19.2 Å². The molecule has 2 aromatic rings. The molecule has 0 spiro atoms. The smallest absolute Gasteiger partial charge is 0.220 e. The second-order valence-electron chi connectivity index (χ2n) is 6.93. The minimum Gasteiger partial charge on any atom is -0.497 e. The number of hydrogen-bond donors (Lipinski definition) is 2. The highest BCUT2D eigenvalue weighted by atomic mass is 16.5. The van der Waals surface area contributed by atoms with Gasteiger partial charge in [-0.15, -0.1) is 0 Å². The predicted octanol–water partition coefficient (Wildman–Crippen LogP) is 0.458. The standard InChI is InChI=1S/C19H25N3O3/c1-12-18(15-10-14(25-3)4-5-16(15)21(12)2)17(23)11-22-8-6-13(7-9-22)19(20)24/h4-5,10,13H,6-9,11H2,1-3H3,(H2,20,24)/p+1. The second-order valence-corrected chi connectivity index (χ2v) is 6.93. The van der Waals surface area contributed by atoms with E-state index in [-0.39, 0.29) is 17.6 Å². The average molecular weight is 344 g/mol. The van der Waals surface area contributed by atoms with Gasteiger partial charge < -0.3 is 19.9 Å². The molecule has 6 nitrogen and oxygen atoms in total. The monoisotopic (exact) mass is 344 g/mol. The van der Waals surface area contributed by atoms with Crippen LogP contribution in [0.3, 0.4) is 0 Å². The highest BCUT2D eigenvalue weighted by Crippen LogP contribution is 2.28. The van der Waals surface area contributed by atoms with Gasteiger partial charge in [-0.25, -0.2) is 0 Å². The summed E-state index contributed by atoms with van der Waals surface area (Å²) in [6, 6.07) is 5.84. The molecule has 1 saturated heterocycles. The number of amides is 1. The number of hydrogen-bond acceptors (Lipinski definition) is 3. The Morgan fingerprint density at radius 2 is 2.00 bits per heavy atom. The zero-order chi connectivity index (χ0) is 18.1. The molecule has 3 N–H and O–H groups in total. The molecule has 2 heterocycles. The van der Waals surface area contributed by atoms with Gasteiger partial charge in [0.15, 0.2) is 0 Å². The summed E-state index contributed by atoms with van der Waals surface area (Å²) in [5.74, 6) is 0.635. The lowest BCUT2D eigenvalue weighted by molar-refractivity contribution is -0.897. The molecule has 1 aromatic heterocycles. The van der Waals surface area contributed by atoms with E-state index >= 15 is 0 Å². The van der Waals surface area contributed by atoms with Crippen LogP contribution in [0, 0.1) is 12.8 Å². The molecule has 0 aliphatic carbocycles. The number of nitrogens with two attached hydrogens (primary N) is 1. The summed E-state index contributed by atoms with van der Waals surface area (Å²) >= 11 is 0. The average Bonchev–Trinajstić information content (AvgIpc) is 2.85. The normalized spacial score (nSPS) is 20.6. The first-order valence-electron chi connectivity index (χ1n) is 8.71. The number of primary amides is 1. The number of aryl methyl sites for hydroxylation is 1. The number of carbonyl (C=O) groups excluding carboxylic acids is 2. The van der Waals surface area contributed by atoms with Crippen LogP contribution < -0.4 is 15.4 Å². The number of nitrogens with one attached hydrogen (secondary N) is 1. The number of aromatic nitrogens is 1. The van der Waals surface area contributed by atoms with E-state index in [4.69, 9.17) is 10.5 Å². The lowest BCUT2D eigenvalue weighted by Crippen LogP contribution is -3.14. The number of Topliss-reactive ketones (excluding diaryl/α,β-unsaturated/α-hetero) is 1. The van der Waals surface area contributed by atoms with Crippen LogP contribution in [0.2, 0.25) is 0 Å². The number of rotatable bonds is 5. The molecule has 3 rings (SSSR count). The van der Waals surface area contributed by atoms with Crippen molar-refractivity contribution in [2.24, 2.45) is 18.7 Å². The maximum atomic E-state index is 13.0. The minimum absolute atomic E-state index is 0.0394. The van der Waals surface area contributed by atoms with Crippen molar-refractivity contribution >= 4 is 22.6 Å². The Morgan fingerprint density at radius 3 is 2.60 bits per heavy atom. The SMILES string of the molecule is COc1ccc2c(c1)c(C(=O)C[NH+]1CCC(C(N)=O)CC1)c(C)n2C. The Kier molecular flexibility index (Phi) is 4.81. The van der Waals surface area contributed by atoms with Crippen LogP contribution in [0.15, 0.2) is 18.2 Å². The van der Waals surface area contributed by atoms with E-state index < -0.39 is 0 Å². The van der Waals surface area contributed by atoms with Crippen LogP contribution in [0.25, 0.3) is 10.9 Å². The summed E-state index contributed by atoms with van der Waals surface area (Å²) < 4.78 is 7.37. The van der Waals surface area contributed by atoms with Gasteiger partial charge in [-0.1, -0.05) is 0 Å². The van der Waals surface area contributed by atoms with Crippen LogP contribution in [0.4, 0.5) is 0 Å². The van der Waals surface area contributed by atoms with Gasteiger partial charge in [0.1, 0.15) is 12.3 Å². The number of benzene rings is 1. The molecule has 0 radical (unpaired) electrons. The summed E-state index contributed by atoms with van der Waals surface area (Å²) in [7, 11) is 3.61. The Balaban J connectivity index is 1.83. The zero-order valence-electron chi connectivity index (χ0n) is 15.1. The van der Waals surface area contributed by atoms with Crippen molar-refractivity contribution in [1.82, 2.24) is 4.57 Å². The molecule has 6 heteroatoms. The summed E-state index contributed by atoms with van der Waals surface area (Å²) in [6.45, 7) is 4.05. The lowest BCUT2D eigenvalue weighted by Gasteiger charge is -2.27. The number of fused-ring (bicyclic) bond motifs is 1. The molecule has 1 aromatic carbocycles. The molecule has 0 unspecified atom stereocenters. The van der Waals surface area contributed by atoms with E-state index in [1.807, 2.05) is 32.2 Å². The third-order valence-electron chi connectivity index (χ3n) is 5.48. The number of likely N-dealkylation sites (tertiary alicyclic amines) is 1. The fourth-order valence-electron chi connectivity index (χ4n) is 3.83. The molecule has 1 aliphatic rings. The van der Waals surface area contributed by atoms with Crippen LogP contribution in [-0.2, 0) is 11.8 Å². The molecule has 0 saturated carbocycles. The maximum absolute atomic E-state index is 13.0. The van der Waals surface area contributed by atoms with E-state index in [9.17, 15) is 9.59 Å². The van der Waals surface area contributed by atoms with Gasteiger partial charge in [-0.2, -0.15) is 0 Å². The lowest BCUT2D eigenvalue weighted by atomic mass is 9.96. The van der Waals surface area contributed by atoms with Crippen molar-refractivity contribution in [2.75, 3.05) is 26.7 Å². The first-order valence-corrected chi connectivity index (χ1v) is 8.71. The highest BCUT2D eigenvalue weighted by Gasteiger charge is 2.29. The number of methoxy groups -OCH3 is 1. The second kappa shape index (κ2) is 6.88. The van der Waals surface area contributed by atoms with Crippen LogP contribution in [0.1, 0.15) is 28.9 Å². The molecular weight excluding hydrogens is 318 g/mol. The molecule has 1 aliphatic heterocycles. The van der Waals surface area contributed by atoms with Crippen molar-refractivity contribution in [1.29, 1.82) is 0 Å². The topological polar surface area (TPSA) is 78.8 Å². The van der Waals surface area contributed by atoms with Crippen LogP contribution in [0.5, 0.6) is 5.75 Å². The Hall–Kier alpha value is -2.34. The number of piperidine rings is 1. The third-order valence-corrected chi connectivity index (χ3v) is 5.48. The van der Waals surface area contributed by atoms with Crippen molar-refractivity contribution in [2.45, 2.75) is 19.8 Å². The van der Waals surface area contributed by atoms with E-state index in [0.29, 0.717) is 6.54 Å². The number of carbonyl (C=O) groups is 2. The van der Waals surface area contributed by atoms with E-state index in [0.717, 1.165) is 53.8 Å². The number of quaternary nitrogens is 1. The Morgan fingerprint density at radius 1 is 1.32 bits per heavy atom. The van der Waals surface area contributed by atoms with Crippen molar-refractivity contribution in [3.05, 3.63) is 29.5 Å². The molecular formula is C19H26N3O3+. The van der Waals surface area contributed by atoms with E-state index in [1.54, 1.807) is 7.11 Å². The van der Waals surface area contributed by atoms with E-state index in [1.165, 1.54) is 4.90 Å². The summed E-state index contributed by atoms with van der Waals surface area (Å²) in [5, 5.41) is 0.941. The minimum atomic E-state index is -0.220. The van der Waals surface area contributed by atoms with Gasteiger partial charge in [-0.3, -0.25) is 9.59 Å². The molecule has 25 heavy (non-hydrogen) atoms. The zero-order valence-corrected chi connectivity index (χ0v) is 15.1.